The number of thioether (sulfide) groups is 1. The summed E-state index contributed by atoms with van der Waals surface area (Å²) in [6.07, 6.45) is 1.84. The van der Waals surface area contributed by atoms with E-state index in [0.717, 1.165) is 10.7 Å². The molecule has 1 aromatic heterocycles. The molecule has 0 radical (unpaired) electrons. The van der Waals surface area contributed by atoms with Gasteiger partial charge in [-0.05, 0) is 5.92 Å². The van der Waals surface area contributed by atoms with Crippen molar-refractivity contribution >= 4 is 17.4 Å². The Morgan fingerprint density at radius 2 is 2.08 bits per heavy atom. The first-order valence-electron chi connectivity index (χ1n) is 4.46. The molecular weight excluding hydrogens is 182 g/mol. The van der Waals surface area contributed by atoms with Crippen LogP contribution in [0.25, 0.3) is 0 Å². The SMILES string of the molecule is CC(C)C(C)Sc1nn(C)cc1N. The van der Waals surface area contributed by atoms with Crippen molar-refractivity contribution in [2.45, 2.75) is 31.0 Å². The lowest BCUT2D eigenvalue weighted by Gasteiger charge is -2.13. The highest BCUT2D eigenvalue weighted by molar-refractivity contribution is 8.00. The lowest BCUT2D eigenvalue weighted by atomic mass is 10.2. The van der Waals surface area contributed by atoms with Gasteiger partial charge in [0.05, 0.1) is 5.69 Å². The summed E-state index contributed by atoms with van der Waals surface area (Å²) in [5.41, 5.74) is 6.56. The van der Waals surface area contributed by atoms with Gasteiger partial charge in [0.2, 0.25) is 0 Å². The first kappa shape index (κ1) is 10.4. The van der Waals surface area contributed by atoms with Crippen LogP contribution < -0.4 is 5.73 Å². The summed E-state index contributed by atoms with van der Waals surface area (Å²) in [7, 11) is 1.89. The van der Waals surface area contributed by atoms with Gasteiger partial charge in [-0.25, -0.2) is 0 Å². The lowest BCUT2D eigenvalue weighted by Crippen LogP contribution is -2.06. The predicted octanol–water partition coefficient (Wildman–Crippen LogP) is 2.14. The summed E-state index contributed by atoms with van der Waals surface area (Å²) in [6.45, 7) is 6.61. The van der Waals surface area contributed by atoms with Gasteiger partial charge in [0.25, 0.3) is 0 Å². The van der Waals surface area contributed by atoms with Gasteiger partial charge >= 0.3 is 0 Å². The van der Waals surface area contributed by atoms with Crippen molar-refractivity contribution < 1.29 is 0 Å². The Hall–Kier alpha value is -0.640. The predicted molar refractivity (Wildman–Crippen MR) is 57.8 cm³/mol. The fraction of sp³-hybridized carbons (Fsp3) is 0.667. The molecule has 1 atom stereocenters. The fourth-order valence-corrected chi connectivity index (χ4v) is 1.88. The normalized spacial score (nSPS) is 13.6. The van der Waals surface area contributed by atoms with Crippen LogP contribution in [0.1, 0.15) is 20.8 Å². The molecule has 0 aliphatic carbocycles. The van der Waals surface area contributed by atoms with Gasteiger partial charge in [0.15, 0.2) is 0 Å². The molecule has 0 saturated carbocycles. The highest BCUT2D eigenvalue weighted by atomic mass is 32.2. The van der Waals surface area contributed by atoms with Crippen molar-refractivity contribution in [3.05, 3.63) is 6.20 Å². The molecule has 0 aliphatic heterocycles. The molecule has 13 heavy (non-hydrogen) atoms. The molecule has 0 amide bonds. The number of nitrogens with zero attached hydrogens (tertiary/aromatic N) is 2. The summed E-state index contributed by atoms with van der Waals surface area (Å²) in [6, 6.07) is 0. The van der Waals surface area contributed by atoms with E-state index in [2.05, 4.69) is 25.9 Å². The van der Waals surface area contributed by atoms with E-state index in [1.807, 2.05) is 13.2 Å². The van der Waals surface area contributed by atoms with Crippen molar-refractivity contribution in [3.63, 3.8) is 0 Å². The molecule has 0 aliphatic rings. The molecule has 0 bridgehead atoms. The molecule has 1 rings (SSSR count). The number of aryl methyl sites for hydroxylation is 1. The summed E-state index contributed by atoms with van der Waals surface area (Å²) in [5, 5.41) is 5.79. The second kappa shape index (κ2) is 4.05. The van der Waals surface area contributed by atoms with Gasteiger partial charge in [-0.1, -0.05) is 32.5 Å². The molecule has 1 heterocycles. The van der Waals surface area contributed by atoms with E-state index in [0.29, 0.717) is 11.2 Å². The van der Waals surface area contributed by atoms with Gasteiger partial charge < -0.3 is 5.73 Å². The van der Waals surface area contributed by atoms with E-state index < -0.39 is 0 Å². The Bertz CT molecular complexity index is 280. The average molecular weight is 199 g/mol. The number of nitrogen functional groups attached to an aromatic ring is 1. The second-order valence-electron chi connectivity index (χ2n) is 3.63. The third-order valence-corrected chi connectivity index (χ3v) is 3.51. The quantitative estimate of drug-likeness (QED) is 0.758. The number of anilines is 1. The molecule has 1 unspecified atom stereocenters. The number of nitrogens with two attached hydrogens (primary N) is 1. The summed E-state index contributed by atoms with van der Waals surface area (Å²) in [4.78, 5) is 0. The molecule has 3 nitrogen and oxygen atoms in total. The maximum Gasteiger partial charge on any atom is 0.141 e. The summed E-state index contributed by atoms with van der Waals surface area (Å²) >= 11 is 1.74. The Kier molecular flexibility index (Phi) is 3.25. The van der Waals surface area contributed by atoms with Crippen LogP contribution in [0.15, 0.2) is 11.2 Å². The minimum Gasteiger partial charge on any atom is -0.395 e. The van der Waals surface area contributed by atoms with Gasteiger partial charge in [-0.15, -0.1) is 0 Å². The number of aromatic nitrogens is 2. The molecule has 0 spiro atoms. The zero-order valence-corrected chi connectivity index (χ0v) is 9.43. The highest BCUT2D eigenvalue weighted by Gasteiger charge is 2.13. The number of hydrogen-bond acceptors (Lipinski definition) is 3. The van der Waals surface area contributed by atoms with Crippen LogP contribution in [0.3, 0.4) is 0 Å². The van der Waals surface area contributed by atoms with E-state index >= 15 is 0 Å². The monoisotopic (exact) mass is 199 g/mol. The molecular formula is C9H17N3S. The van der Waals surface area contributed by atoms with Crippen LogP contribution in [0.5, 0.6) is 0 Å². The first-order valence-corrected chi connectivity index (χ1v) is 5.34. The van der Waals surface area contributed by atoms with E-state index in [1.165, 1.54) is 0 Å². The van der Waals surface area contributed by atoms with Crippen LogP contribution in [0.4, 0.5) is 5.69 Å². The Morgan fingerprint density at radius 1 is 1.46 bits per heavy atom. The largest absolute Gasteiger partial charge is 0.395 e. The van der Waals surface area contributed by atoms with E-state index in [1.54, 1.807) is 16.4 Å². The lowest BCUT2D eigenvalue weighted by molar-refractivity contribution is 0.640. The standard InChI is InChI=1S/C9H17N3S/c1-6(2)7(3)13-9-8(10)5-12(4)11-9/h5-7H,10H2,1-4H3. The molecule has 4 heteroatoms. The van der Waals surface area contributed by atoms with Crippen LogP contribution in [-0.4, -0.2) is 15.0 Å². The van der Waals surface area contributed by atoms with E-state index in [9.17, 15) is 0 Å². The maximum atomic E-state index is 5.79. The Labute approximate surface area is 83.7 Å². The first-order chi connectivity index (χ1) is 6.00. The van der Waals surface area contributed by atoms with Crippen molar-refractivity contribution in [2.75, 3.05) is 5.73 Å². The Balaban J connectivity index is 2.68. The van der Waals surface area contributed by atoms with Crippen molar-refractivity contribution in [3.8, 4) is 0 Å². The van der Waals surface area contributed by atoms with Crippen molar-refractivity contribution in [1.29, 1.82) is 0 Å². The number of rotatable bonds is 3. The molecule has 0 fully saturated rings. The zero-order chi connectivity index (χ0) is 10.0. The molecule has 0 saturated heterocycles. The minimum absolute atomic E-state index is 0.553. The minimum atomic E-state index is 0.553. The van der Waals surface area contributed by atoms with E-state index in [-0.39, 0.29) is 0 Å². The smallest absolute Gasteiger partial charge is 0.141 e. The second-order valence-corrected chi connectivity index (χ2v) is 5.00. The third-order valence-electron chi connectivity index (χ3n) is 2.06. The van der Waals surface area contributed by atoms with Crippen molar-refractivity contribution in [1.82, 2.24) is 9.78 Å². The Morgan fingerprint density at radius 3 is 2.46 bits per heavy atom. The van der Waals surface area contributed by atoms with Gasteiger partial charge in [0, 0.05) is 18.5 Å². The average Bonchev–Trinajstić information content (AvgIpc) is 2.30. The van der Waals surface area contributed by atoms with Crippen molar-refractivity contribution in [2.24, 2.45) is 13.0 Å². The molecule has 0 aromatic carbocycles. The van der Waals surface area contributed by atoms with Crippen LogP contribution in [0.2, 0.25) is 0 Å². The van der Waals surface area contributed by atoms with E-state index in [4.69, 9.17) is 5.73 Å². The van der Waals surface area contributed by atoms with Crippen LogP contribution >= 0.6 is 11.8 Å². The molecule has 74 valence electrons. The summed E-state index contributed by atoms with van der Waals surface area (Å²) < 4.78 is 1.75. The zero-order valence-electron chi connectivity index (χ0n) is 8.61. The fourth-order valence-electron chi connectivity index (χ4n) is 0.890. The summed E-state index contributed by atoms with van der Waals surface area (Å²) in [5.74, 6) is 0.645. The highest BCUT2D eigenvalue weighted by Crippen LogP contribution is 2.30. The van der Waals surface area contributed by atoms with Crippen LogP contribution in [-0.2, 0) is 7.05 Å². The molecule has 1 aromatic rings. The topological polar surface area (TPSA) is 43.8 Å². The van der Waals surface area contributed by atoms with Gasteiger partial charge in [-0.3, -0.25) is 4.68 Å². The van der Waals surface area contributed by atoms with Crippen LogP contribution in [0, 0.1) is 5.92 Å². The maximum absolute atomic E-state index is 5.79. The molecule has 2 N–H and O–H groups in total. The third kappa shape index (κ3) is 2.66. The van der Waals surface area contributed by atoms with Gasteiger partial charge in [0.1, 0.15) is 5.03 Å². The number of hydrogen-bond donors (Lipinski definition) is 1. The van der Waals surface area contributed by atoms with Gasteiger partial charge in [-0.2, -0.15) is 5.10 Å².